The number of hydrogen-bond donors (Lipinski definition) is 1. The zero-order chi connectivity index (χ0) is 12.5. The van der Waals surface area contributed by atoms with Crippen molar-refractivity contribution in [3.8, 4) is 0 Å². The lowest BCUT2D eigenvalue weighted by Gasteiger charge is -2.51. The highest BCUT2D eigenvalue weighted by Gasteiger charge is 2.51. The quantitative estimate of drug-likeness (QED) is 0.870. The molecule has 0 amide bonds. The molecule has 0 spiro atoms. The molecule has 1 saturated carbocycles. The maximum atomic E-state index is 10.3. The van der Waals surface area contributed by atoms with Crippen LogP contribution >= 0.6 is 0 Å². The summed E-state index contributed by atoms with van der Waals surface area (Å²) in [5.41, 5.74) is 0.590. The summed E-state index contributed by atoms with van der Waals surface area (Å²) in [6.07, 6.45) is 1.71. The number of ether oxygens (including phenoxy) is 1. The van der Waals surface area contributed by atoms with Gasteiger partial charge in [0.1, 0.15) is 0 Å². The van der Waals surface area contributed by atoms with Crippen LogP contribution in [0.4, 0.5) is 0 Å². The van der Waals surface area contributed by atoms with Gasteiger partial charge < -0.3 is 9.84 Å². The summed E-state index contributed by atoms with van der Waals surface area (Å²) < 4.78 is 5.79. The molecule has 0 bridgehead atoms. The molecule has 0 aromatic heterocycles. The number of hydrogen-bond acceptors (Lipinski definition) is 2. The molecule has 17 heavy (non-hydrogen) atoms. The molecular formula is C15H22O2. The highest BCUT2D eigenvalue weighted by atomic mass is 16.5. The van der Waals surface area contributed by atoms with Crippen LogP contribution in [0.5, 0.6) is 0 Å². The molecule has 2 nitrogen and oxygen atoms in total. The third-order valence-electron chi connectivity index (χ3n) is 3.86. The van der Waals surface area contributed by atoms with Gasteiger partial charge in [-0.2, -0.15) is 0 Å². The summed E-state index contributed by atoms with van der Waals surface area (Å²) in [6.45, 7) is 6.90. The van der Waals surface area contributed by atoms with Gasteiger partial charge in [-0.3, -0.25) is 0 Å². The Balaban J connectivity index is 1.79. The first-order valence-electron chi connectivity index (χ1n) is 6.29. The molecular weight excluding hydrogens is 212 g/mol. The molecule has 2 rings (SSSR count). The third kappa shape index (κ3) is 2.70. The van der Waals surface area contributed by atoms with E-state index in [1.165, 1.54) is 5.56 Å². The minimum atomic E-state index is -0.547. The molecule has 0 saturated heterocycles. The van der Waals surface area contributed by atoms with Crippen molar-refractivity contribution in [3.63, 3.8) is 0 Å². The Morgan fingerprint density at radius 1 is 1.24 bits per heavy atom. The lowest BCUT2D eigenvalue weighted by molar-refractivity contribution is -0.192. The normalized spacial score (nSPS) is 28.8. The molecule has 1 N–H and O–H groups in total. The molecule has 1 aromatic carbocycles. The lowest BCUT2D eigenvalue weighted by Crippen LogP contribution is -2.56. The van der Waals surface area contributed by atoms with Crippen LogP contribution in [0.2, 0.25) is 0 Å². The Morgan fingerprint density at radius 2 is 1.82 bits per heavy atom. The fourth-order valence-electron chi connectivity index (χ4n) is 2.21. The fraction of sp³-hybridized carbons (Fsp3) is 0.600. The van der Waals surface area contributed by atoms with Crippen molar-refractivity contribution in [1.82, 2.24) is 0 Å². The number of rotatable bonds is 3. The van der Waals surface area contributed by atoms with Gasteiger partial charge in [-0.05, 0) is 11.0 Å². The van der Waals surface area contributed by atoms with E-state index in [0.29, 0.717) is 6.61 Å². The second-order valence-electron chi connectivity index (χ2n) is 6.11. The van der Waals surface area contributed by atoms with Gasteiger partial charge in [0.15, 0.2) is 0 Å². The number of benzene rings is 1. The van der Waals surface area contributed by atoms with Gasteiger partial charge in [0.25, 0.3) is 0 Å². The van der Waals surface area contributed by atoms with Crippen molar-refractivity contribution in [3.05, 3.63) is 35.9 Å². The lowest BCUT2D eigenvalue weighted by atomic mass is 9.62. The SMILES string of the molecule is CC(C)(C)C1(O)CC(OCc2ccccc2)C1. The summed E-state index contributed by atoms with van der Waals surface area (Å²) in [5, 5.41) is 10.3. The Hall–Kier alpha value is -0.860. The molecule has 0 heterocycles. The van der Waals surface area contributed by atoms with E-state index in [0.717, 1.165) is 12.8 Å². The zero-order valence-corrected chi connectivity index (χ0v) is 10.9. The Labute approximate surface area is 104 Å². The van der Waals surface area contributed by atoms with Crippen molar-refractivity contribution in [2.45, 2.75) is 51.9 Å². The van der Waals surface area contributed by atoms with Crippen LogP contribution in [0.25, 0.3) is 0 Å². The second kappa shape index (κ2) is 4.43. The predicted molar refractivity (Wildman–Crippen MR) is 68.7 cm³/mol. The highest BCUT2D eigenvalue weighted by molar-refractivity contribution is 5.13. The first-order chi connectivity index (χ1) is 7.91. The maximum absolute atomic E-state index is 10.3. The van der Waals surface area contributed by atoms with E-state index < -0.39 is 5.60 Å². The fourth-order valence-corrected chi connectivity index (χ4v) is 2.21. The maximum Gasteiger partial charge on any atom is 0.0745 e. The second-order valence-corrected chi connectivity index (χ2v) is 6.11. The van der Waals surface area contributed by atoms with E-state index in [9.17, 15) is 5.11 Å². The average molecular weight is 234 g/mol. The van der Waals surface area contributed by atoms with Gasteiger partial charge in [-0.15, -0.1) is 0 Å². The van der Waals surface area contributed by atoms with Crippen LogP contribution in [0.15, 0.2) is 30.3 Å². The molecule has 0 radical (unpaired) electrons. The predicted octanol–water partition coefficient (Wildman–Crippen LogP) is 3.14. The first-order valence-corrected chi connectivity index (χ1v) is 6.29. The van der Waals surface area contributed by atoms with E-state index in [4.69, 9.17) is 4.74 Å². The first kappa shape index (κ1) is 12.6. The summed E-state index contributed by atoms with van der Waals surface area (Å²) in [7, 11) is 0. The smallest absolute Gasteiger partial charge is 0.0745 e. The van der Waals surface area contributed by atoms with Crippen molar-refractivity contribution >= 4 is 0 Å². The summed E-state index contributed by atoms with van der Waals surface area (Å²) in [4.78, 5) is 0. The van der Waals surface area contributed by atoms with Gasteiger partial charge >= 0.3 is 0 Å². The third-order valence-corrected chi connectivity index (χ3v) is 3.86. The van der Waals surface area contributed by atoms with Crippen LogP contribution in [0.3, 0.4) is 0 Å². The van der Waals surface area contributed by atoms with Crippen LogP contribution < -0.4 is 0 Å². The van der Waals surface area contributed by atoms with Gasteiger partial charge in [-0.1, -0.05) is 51.1 Å². The minimum Gasteiger partial charge on any atom is -0.389 e. The molecule has 1 aromatic rings. The molecule has 1 fully saturated rings. The van der Waals surface area contributed by atoms with E-state index >= 15 is 0 Å². The molecule has 94 valence electrons. The number of aliphatic hydroxyl groups is 1. The van der Waals surface area contributed by atoms with E-state index in [1.54, 1.807) is 0 Å². The molecule has 0 atom stereocenters. The van der Waals surface area contributed by atoms with Crippen molar-refractivity contribution in [1.29, 1.82) is 0 Å². The van der Waals surface area contributed by atoms with Crippen molar-refractivity contribution in [2.24, 2.45) is 5.41 Å². The molecule has 2 heteroatoms. The van der Waals surface area contributed by atoms with E-state index in [1.807, 2.05) is 18.2 Å². The Morgan fingerprint density at radius 3 is 2.35 bits per heavy atom. The summed E-state index contributed by atoms with van der Waals surface area (Å²) in [5.74, 6) is 0. The van der Waals surface area contributed by atoms with Gasteiger partial charge in [0.05, 0.1) is 18.3 Å². The van der Waals surface area contributed by atoms with E-state index in [2.05, 4.69) is 32.9 Å². The average Bonchev–Trinajstić information content (AvgIpc) is 2.22. The molecule has 0 unspecified atom stereocenters. The van der Waals surface area contributed by atoms with Gasteiger partial charge in [0, 0.05) is 12.8 Å². The van der Waals surface area contributed by atoms with Crippen LogP contribution in [0, 0.1) is 5.41 Å². The summed E-state index contributed by atoms with van der Waals surface area (Å²) >= 11 is 0. The Kier molecular flexibility index (Phi) is 3.28. The zero-order valence-electron chi connectivity index (χ0n) is 10.9. The van der Waals surface area contributed by atoms with Crippen molar-refractivity contribution in [2.75, 3.05) is 0 Å². The highest BCUT2D eigenvalue weighted by Crippen LogP contribution is 2.46. The topological polar surface area (TPSA) is 29.5 Å². The minimum absolute atomic E-state index is 0.0559. The van der Waals surface area contributed by atoms with Crippen molar-refractivity contribution < 1.29 is 9.84 Å². The van der Waals surface area contributed by atoms with Crippen LogP contribution in [-0.4, -0.2) is 16.8 Å². The van der Waals surface area contributed by atoms with Gasteiger partial charge in [0.2, 0.25) is 0 Å². The Bertz CT molecular complexity index is 358. The van der Waals surface area contributed by atoms with Crippen LogP contribution in [-0.2, 0) is 11.3 Å². The summed E-state index contributed by atoms with van der Waals surface area (Å²) in [6, 6.07) is 10.2. The van der Waals surface area contributed by atoms with E-state index in [-0.39, 0.29) is 11.5 Å². The van der Waals surface area contributed by atoms with Crippen LogP contribution in [0.1, 0.15) is 39.2 Å². The standard InChI is InChI=1S/C15H22O2/c1-14(2,3)15(16)9-13(10-15)17-11-12-7-5-4-6-8-12/h4-8,13,16H,9-11H2,1-3H3. The molecule has 1 aliphatic carbocycles. The molecule has 1 aliphatic rings. The molecule has 0 aliphatic heterocycles. The monoisotopic (exact) mass is 234 g/mol. The largest absolute Gasteiger partial charge is 0.389 e. The van der Waals surface area contributed by atoms with Gasteiger partial charge in [-0.25, -0.2) is 0 Å².